The van der Waals surface area contributed by atoms with E-state index in [0.29, 0.717) is 25.7 Å². The van der Waals surface area contributed by atoms with Crippen LogP contribution in [0, 0.1) is 17.8 Å². The molecule has 0 aromatic heterocycles. The lowest BCUT2D eigenvalue weighted by Crippen LogP contribution is -2.30. The number of unbranched alkanes of at least 4 members (excludes halogenated alkanes) is 47. The second-order valence-corrected chi connectivity index (χ2v) is 33.6. The van der Waals surface area contributed by atoms with E-state index in [1.165, 1.54) is 225 Å². The summed E-state index contributed by atoms with van der Waals surface area (Å²) in [5.74, 6) is 0.342. The Morgan fingerprint density at radius 2 is 0.505 bits per heavy atom. The number of hydrogen-bond acceptors (Lipinski definition) is 15. The van der Waals surface area contributed by atoms with E-state index in [9.17, 15) is 43.2 Å². The molecule has 0 rings (SSSR count). The lowest BCUT2D eigenvalue weighted by molar-refractivity contribution is -0.161. The van der Waals surface area contributed by atoms with Crippen LogP contribution >= 0.6 is 15.6 Å². The van der Waals surface area contributed by atoms with E-state index in [2.05, 4.69) is 48.5 Å². The van der Waals surface area contributed by atoms with Crippen molar-refractivity contribution in [2.45, 2.75) is 446 Å². The number of esters is 4. The van der Waals surface area contributed by atoms with Gasteiger partial charge in [-0.15, -0.1) is 0 Å². The second-order valence-electron chi connectivity index (χ2n) is 30.7. The number of phosphoric ester groups is 2. The zero-order chi connectivity index (χ0) is 74.4. The van der Waals surface area contributed by atoms with Crippen molar-refractivity contribution < 1.29 is 80.2 Å². The molecule has 0 saturated heterocycles. The molecule has 0 saturated carbocycles. The van der Waals surface area contributed by atoms with Crippen molar-refractivity contribution in [2.24, 2.45) is 17.8 Å². The molecule has 17 nitrogen and oxygen atoms in total. The first-order chi connectivity index (χ1) is 48.8. The molecule has 0 heterocycles. The molecule has 3 N–H and O–H groups in total. The third-order valence-electron chi connectivity index (χ3n) is 19.5. The fourth-order valence-electron chi connectivity index (χ4n) is 12.6. The molecule has 0 aromatic rings. The zero-order valence-electron chi connectivity index (χ0n) is 66.4. The summed E-state index contributed by atoms with van der Waals surface area (Å²) in [5, 5.41) is 10.6. The van der Waals surface area contributed by atoms with E-state index in [-0.39, 0.29) is 25.7 Å². The average molecular weight is 1480 g/mol. The monoisotopic (exact) mass is 1480 g/mol. The Balaban J connectivity index is 5.18. The van der Waals surface area contributed by atoms with E-state index in [0.717, 1.165) is 120 Å². The van der Waals surface area contributed by atoms with E-state index < -0.39 is 97.5 Å². The van der Waals surface area contributed by atoms with Gasteiger partial charge in [-0.25, -0.2) is 9.13 Å². The highest BCUT2D eigenvalue weighted by Crippen LogP contribution is 2.45. The summed E-state index contributed by atoms with van der Waals surface area (Å²) < 4.78 is 68.7. The molecule has 3 unspecified atom stereocenters. The van der Waals surface area contributed by atoms with E-state index in [1.807, 2.05) is 0 Å². The van der Waals surface area contributed by atoms with Crippen molar-refractivity contribution >= 4 is 39.5 Å². The summed E-state index contributed by atoms with van der Waals surface area (Å²) in [5.41, 5.74) is 0. The molecule has 0 radical (unpaired) electrons. The minimum Gasteiger partial charge on any atom is -0.462 e. The number of carbonyl (C=O) groups excluding carboxylic acids is 4. The topological polar surface area (TPSA) is 237 Å². The van der Waals surface area contributed by atoms with Gasteiger partial charge in [0.05, 0.1) is 26.4 Å². The highest BCUT2D eigenvalue weighted by Gasteiger charge is 2.30. The van der Waals surface area contributed by atoms with Crippen LogP contribution in [0.2, 0.25) is 0 Å². The fraction of sp³-hybridized carbons (Fsp3) is 0.951. The minimum atomic E-state index is -4.96. The first-order valence-electron chi connectivity index (χ1n) is 42.4. The number of phosphoric acid groups is 2. The summed E-state index contributed by atoms with van der Waals surface area (Å²) in [6, 6.07) is 0. The van der Waals surface area contributed by atoms with Gasteiger partial charge in [-0.1, -0.05) is 376 Å². The Kier molecular flexibility index (Phi) is 70.9. The normalized spacial score (nSPS) is 14.2. The molecule has 0 aliphatic heterocycles. The molecule has 6 atom stereocenters. The van der Waals surface area contributed by atoms with Crippen LogP contribution in [0.1, 0.15) is 427 Å². The van der Waals surface area contributed by atoms with Gasteiger partial charge < -0.3 is 33.8 Å². The quantitative estimate of drug-likeness (QED) is 0.0222. The summed E-state index contributed by atoms with van der Waals surface area (Å²) in [6.45, 7) is 12.0. The predicted molar refractivity (Wildman–Crippen MR) is 414 cm³/mol. The third-order valence-corrected chi connectivity index (χ3v) is 21.4. The lowest BCUT2D eigenvalue weighted by atomic mass is 9.99. The first kappa shape index (κ1) is 99.1. The number of ether oxygens (including phenoxy) is 4. The third kappa shape index (κ3) is 74.7. The average Bonchev–Trinajstić information content (AvgIpc) is 0.916. The van der Waals surface area contributed by atoms with Crippen LogP contribution in [0.4, 0.5) is 0 Å². The van der Waals surface area contributed by atoms with Crippen LogP contribution in [0.5, 0.6) is 0 Å². The van der Waals surface area contributed by atoms with Gasteiger partial charge in [0, 0.05) is 25.7 Å². The van der Waals surface area contributed by atoms with Crippen LogP contribution in [0.15, 0.2) is 0 Å². The fourth-order valence-corrected chi connectivity index (χ4v) is 14.2. The van der Waals surface area contributed by atoms with Gasteiger partial charge in [0.2, 0.25) is 0 Å². The lowest BCUT2D eigenvalue weighted by Gasteiger charge is -2.21. The maximum Gasteiger partial charge on any atom is 0.472 e. The van der Waals surface area contributed by atoms with E-state index in [1.54, 1.807) is 0 Å². The molecule has 600 valence electrons. The van der Waals surface area contributed by atoms with Crippen molar-refractivity contribution in [3.8, 4) is 0 Å². The molecule has 101 heavy (non-hydrogen) atoms. The SMILES string of the molecule is CCCCCCCCCC(=O)OC[C@H](COP(=O)(O)OC[C@H](O)COP(=O)(O)OC[C@@H](COC(=O)CCCCCCCCCCCCCCCCCC(C)C)OC(=O)CCCCCCCCCCCCCCCCCC(C)C)OC(=O)CCCCCCCCCCCCCCCCC(C)CC. The summed E-state index contributed by atoms with van der Waals surface area (Å²) >= 11 is 0. The number of rotatable bonds is 80. The molecular weight excluding hydrogens is 1320 g/mol. The number of aliphatic hydroxyl groups is 1. The van der Waals surface area contributed by atoms with Crippen LogP contribution in [0.3, 0.4) is 0 Å². The van der Waals surface area contributed by atoms with Crippen molar-refractivity contribution in [3.63, 3.8) is 0 Å². The second kappa shape index (κ2) is 72.3. The Labute approximate surface area is 619 Å². The summed E-state index contributed by atoms with van der Waals surface area (Å²) in [4.78, 5) is 72.9. The smallest absolute Gasteiger partial charge is 0.462 e. The largest absolute Gasteiger partial charge is 0.472 e. The van der Waals surface area contributed by atoms with E-state index >= 15 is 0 Å². The van der Waals surface area contributed by atoms with Gasteiger partial charge in [0.15, 0.2) is 12.2 Å². The first-order valence-corrected chi connectivity index (χ1v) is 45.4. The Hall–Kier alpha value is -1.94. The Morgan fingerprint density at radius 3 is 0.752 bits per heavy atom. The number of hydrogen-bond donors (Lipinski definition) is 3. The summed E-state index contributed by atoms with van der Waals surface area (Å²) in [7, 11) is -9.92. The van der Waals surface area contributed by atoms with Gasteiger partial charge in [-0.3, -0.25) is 37.3 Å². The van der Waals surface area contributed by atoms with Gasteiger partial charge in [-0.05, 0) is 43.4 Å². The molecule has 19 heteroatoms. The highest BCUT2D eigenvalue weighted by molar-refractivity contribution is 7.47. The Bertz CT molecular complexity index is 1960. The van der Waals surface area contributed by atoms with Gasteiger partial charge in [-0.2, -0.15) is 0 Å². The maximum absolute atomic E-state index is 13.1. The molecular formula is C82H160O17P2. The summed E-state index contributed by atoms with van der Waals surface area (Å²) in [6.07, 6.45) is 61.1. The van der Waals surface area contributed by atoms with Crippen molar-refractivity contribution in [1.29, 1.82) is 0 Å². The van der Waals surface area contributed by atoms with Crippen LogP contribution in [-0.4, -0.2) is 96.7 Å². The van der Waals surface area contributed by atoms with Gasteiger partial charge in [0.1, 0.15) is 19.3 Å². The minimum absolute atomic E-state index is 0.107. The molecule has 0 amide bonds. The maximum atomic E-state index is 13.1. The van der Waals surface area contributed by atoms with Gasteiger partial charge >= 0.3 is 39.5 Å². The predicted octanol–water partition coefficient (Wildman–Crippen LogP) is 24.5. The van der Waals surface area contributed by atoms with Crippen LogP contribution in [-0.2, 0) is 65.4 Å². The molecule has 0 aliphatic rings. The molecule has 0 aromatic carbocycles. The van der Waals surface area contributed by atoms with Crippen LogP contribution in [0.25, 0.3) is 0 Å². The standard InChI is InChI=1S/C82H160O17P2/c1-8-10-11-12-39-49-56-63-79(84)92-69-77(98-81(86)65-59-52-45-38-32-26-20-19-23-29-35-42-48-55-62-75(7)9-2)71-96-100(88,89)94-67-76(83)68-95-101(90,91)97-72-78(99-82(87)66-58-51-44-37-31-25-18-14-16-22-28-34-41-47-54-61-74(5)6)70-93-80(85)64-57-50-43-36-30-24-17-13-15-21-27-33-40-46-53-60-73(3)4/h73-78,83H,8-72H2,1-7H3,(H,88,89)(H,90,91)/t75?,76-,77+,78+/m0/s1. The van der Waals surface area contributed by atoms with Crippen molar-refractivity contribution in [1.82, 2.24) is 0 Å². The van der Waals surface area contributed by atoms with Gasteiger partial charge in [0.25, 0.3) is 0 Å². The highest BCUT2D eigenvalue weighted by atomic mass is 31.2. The zero-order valence-corrected chi connectivity index (χ0v) is 68.2. The molecule has 0 bridgehead atoms. The molecule has 0 fully saturated rings. The van der Waals surface area contributed by atoms with Crippen molar-refractivity contribution in [2.75, 3.05) is 39.6 Å². The molecule has 0 spiro atoms. The Morgan fingerprint density at radius 1 is 0.287 bits per heavy atom. The molecule has 0 aliphatic carbocycles. The number of carbonyl (C=O) groups is 4. The van der Waals surface area contributed by atoms with E-state index in [4.69, 9.17) is 37.0 Å². The number of aliphatic hydroxyl groups excluding tert-OH is 1. The van der Waals surface area contributed by atoms with Crippen molar-refractivity contribution in [3.05, 3.63) is 0 Å². The van der Waals surface area contributed by atoms with Crippen LogP contribution < -0.4 is 0 Å².